The third kappa shape index (κ3) is 3.37. The van der Waals surface area contributed by atoms with Crippen LogP contribution in [0.1, 0.15) is 6.42 Å². The Morgan fingerprint density at radius 3 is 2.83 bits per heavy atom. The summed E-state index contributed by atoms with van der Waals surface area (Å²) in [6, 6.07) is 0. The van der Waals surface area contributed by atoms with E-state index in [1.807, 2.05) is 0 Å². The van der Waals surface area contributed by atoms with Crippen LogP contribution in [0.15, 0.2) is 10.6 Å². The molecule has 0 unspecified atom stereocenters. The van der Waals surface area contributed by atoms with Crippen molar-refractivity contribution in [3.8, 4) is 0 Å². The molecule has 18 heavy (non-hydrogen) atoms. The monoisotopic (exact) mass is 297 g/mol. The summed E-state index contributed by atoms with van der Waals surface area (Å²) in [5.41, 5.74) is -0.0336. The second kappa shape index (κ2) is 7.39. The molecule has 0 bridgehead atoms. The smallest absolute Gasteiger partial charge is 0.543 e. The van der Waals surface area contributed by atoms with Crippen molar-refractivity contribution in [3.63, 3.8) is 0 Å². The number of carbonyl (C=O) groups excluding carboxylic acids is 2. The van der Waals surface area contributed by atoms with E-state index < -0.39 is 5.97 Å². The zero-order valence-electron chi connectivity index (χ0n) is 10.3. The van der Waals surface area contributed by atoms with E-state index in [-0.39, 0.29) is 75.0 Å². The number of rotatable bonds is 6. The van der Waals surface area contributed by atoms with Crippen LogP contribution >= 0.6 is 11.8 Å². The van der Waals surface area contributed by atoms with Gasteiger partial charge in [0.2, 0.25) is 5.91 Å². The van der Waals surface area contributed by atoms with Gasteiger partial charge in [0.15, 0.2) is 0 Å². The second-order valence-corrected chi connectivity index (χ2v) is 4.92. The number of thioether (sulfide) groups is 1. The first-order valence-corrected chi connectivity index (χ1v) is 6.03. The average Bonchev–Trinajstić information content (AvgIpc) is 2.57. The fourth-order valence-electron chi connectivity index (χ4n) is 1.73. The van der Waals surface area contributed by atoms with E-state index in [2.05, 4.69) is 0 Å². The number of hydrogen-bond donors (Lipinski definition) is 0. The summed E-state index contributed by atoms with van der Waals surface area (Å²) in [7, 11) is 1.56. The standard InChI is InChI=1S/C10H13NO5S.K/c1-15-2-3-16-5-6-9(10(13)14)11-7(12)4-8(11)17-6;/h8H,2-5H2,1H3,(H,13,14);/q;+1/p-1/t8-;/m1./s1. The fraction of sp³-hybridized carbons (Fsp3) is 0.600. The molecule has 1 atom stereocenters. The van der Waals surface area contributed by atoms with E-state index >= 15 is 0 Å². The molecule has 1 saturated heterocycles. The molecule has 0 spiro atoms. The van der Waals surface area contributed by atoms with E-state index in [1.54, 1.807) is 7.11 Å². The van der Waals surface area contributed by atoms with Crippen molar-refractivity contribution < 1.29 is 75.6 Å². The Bertz CT molecular complexity index is 386. The van der Waals surface area contributed by atoms with Gasteiger partial charge in [0.1, 0.15) is 0 Å². The van der Waals surface area contributed by atoms with Gasteiger partial charge in [-0.25, -0.2) is 0 Å². The predicted molar refractivity (Wildman–Crippen MR) is 57.6 cm³/mol. The number of hydrogen-bond acceptors (Lipinski definition) is 6. The second-order valence-electron chi connectivity index (χ2n) is 3.64. The first-order valence-electron chi connectivity index (χ1n) is 5.15. The summed E-state index contributed by atoms with van der Waals surface area (Å²) in [6.07, 6.45) is 0.378. The van der Waals surface area contributed by atoms with E-state index in [0.29, 0.717) is 24.5 Å². The van der Waals surface area contributed by atoms with Gasteiger partial charge in [0.05, 0.1) is 43.3 Å². The van der Waals surface area contributed by atoms with Crippen molar-refractivity contribution in [2.45, 2.75) is 11.8 Å². The number of methoxy groups -OCH3 is 1. The normalized spacial score (nSPS) is 21.5. The summed E-state index contributed by atoms with van der Waals surface area (Å²) in [4.78, 5) is 24.1. The van der Waals surface area contributed by atoms with E-state index in [1.165, 1.54) is 16.7 Å². The van der Waals surface area contributed by atoms with Crippen molar-refractivity contribution in [2.75, 3.05) is 26.9 Å². The molecule has 2 aliphatic rings. The topological polar surface area (TPSA) is 78.9 Å². The Kier molecular flexibility index (Phi) is 6.83. The fourth-order valence-corrected chi connectivity index (χ4v) is 3.05. The molecule has 0 aromatic carbocycles. The Labute approximate surface area is 151 Å². The molecule has 2 rings (SSSR count). The molecule has 6 nitrogen and oxygen atoms in total. The van der Waals surface area contributed by atoms with Gasteiger partial charge >= 0.3 is 51.4 Å². The van der Waals surface area contributed by atoms with Crippen molar-refractivity contribution in [1.29, 1.82) is 0 Å². The largest absolute Gasteiger partial charge is 1.00 e. The molecule has 2 aliphatic heterocycles. The number of ether oxygens (including phenoxy) is 2. The Morgan fingerprint density at radius 1 is 1.56 bits per heavy atom. The molecule has 0 aliphatic carbocycles. The third-order valence-corrected chi connectivity index (χ3v) is 3.79. The summed E-state index contributed by atoms with van der Waals surface area (Å²) in [5, 5.41) is 10.9. The summed E-state index contributed by atoms with van der Waals surface area (Å²) in [5.74, 6) is -1.49. The average molecular weight is 297 g/mol. The molecule has 8 heteroatoms. The van der Waals surface area contributed by atoms with Crippen LogP contribution in [0.3, 0.4) is 0 Å². The number of β-lactam (4-membered cyclic amide) rings is 1. The minimum atomic E-state index is -1.32. The molecular formula is C10H12KNO5S. The molecule has 0 radical (unpaired) electrons. The molecule has 1 fully saturated rings. The van der Waals surface area contributed by atoms with Crippen LogP contribution in [-0.2, 0) is 19.1 Å². The zero-order chi connectivity index (χ0) is 12.4. The van der Waals surface area contributed by atoms with Gasteiger partial charge in [-0.15, -0.1) is 0 Å². The number of nitrogens with zero attached hydrogens (tertiary/aromatic N) is 1. The number of aliphatic carboxylic acids is 1. The maximum absolute atomic E-state index is 11.3. The number of carboxylic acid groups (broad SMARTS) is 1. The first-order chi connectivity index (χ1) is 8.15. The van der Waals surface area contributed by atoms with Gasteiger partial charge in [0.25, 0.3) is 0 Å². The molecule has 94 valence electrons. The van der Waals surface area contributed by atoms with Crippen molar-refractivity contribution in [1.82, 2.24) is 4.90 Å². The molecule has 0 N–H and O–H groups in total. The Hall–Kier alpha value is 0.586. The number of amides is 1. The molecule has 2 heterocycles. The van der Waals surface area contributed by atoms with Crippen LogP contribution in [-0.4, -0.2) is 49.1 Å². The van der Waals surface area contributed by atoms with Gasteiger partial charge in [-0.2, -0.15) is 0 Å². The summed E-state index contributed by atoms with van der Waals surface area (Å²) < 4.78 is 10.1. The Morgan fingerprint density at radius 2 is 2.28 bits per heavy atom. The predicted octanol–water partition coefficient (Wildman–Crippen LogP) is -4.08. The van der Waals surface area contributed by atoms with Crippen LogP contribution in [0.4, 0.5) is 0 Å². The van der Waals surface area contributed by atoms with Crippen molar-refractivity contribution in [2.24, 2.45) is 0 Å². The number of carbonyl (C=O) groups is 2. The van der Waals surface area contributed by atoms with E-state index in [9.17, 15) is 14.7 Å². The minimum Gasteiger partial charge on any atom is -0.543 e. The molecule has 0 aromatic rings. The summed E-state index contributed by atoms with van der Waals surface area (Å²) >= 11 is 1.36. The van der Waals surface area contributed by atoms with Crippen molar-refractivity contribution >= 4 is 23.6 Å². The maximum atomic E-state index is 11.3. The molecule has 0 saturated carbocycles. The van der Waals surface area contributed by atoms with Crippen molar-refractivity contribution in [3.05, 3.63) is 10.6 Å². The third-order valence-electron chi connectivity index (χ3n) is 2.55. The van der Waals surface area contributed by atoms with Gasteiger partial charge in [-0.3, -0.25) is 9.69 Å². The van der Waals surface area contributed by atoms with E-state index in [0.717, 1.165) is 0 Å². The molecule has 0 aromatic heterocycles. The first kappa shape index (κ1) is 16.6. The summed E-state index contributed by atoms with van der Waals surface area (Å²) in [6.45, 7) is 1.02. The zero-order valence-corrected chi connectivity index (χ0v) is 14.2. The quantitative estimate of drug-likeness (QED) is 0.282. The van der Waals surface area contributed by atoms with Crippen LogP contribution < -0.4 is 56.5 Å². The van der Waals surface area contributed by atoms with Crippen LogP contribution in [0.2, 0.25) is 0 Å². The minimum absolute atomic E-state index is 0. The van der Waals surface area contributed by atoms with Gasteiger partial charge < -0.3 is 19.4 Å². The number of carboxylic acids is 1. The molecule has 1 amide bonds. The van der Waals surface area contributed by atoms with Gasteiger partial charge in [-0.1, -0.05) is 11.8 Å². The SMILES string of the molecule is COCCOCC1=C(C(=O)[O-])N2C(=O)C[C@H]2S1.[K+]. The van der Waals surface area contributed by atoms with Crippen LogP contribution in [0.5, 0.6) is 0 Å². The van der Waals surface area contributed by atoms with E-state index in [4.69, 9.17) is 9.47 Å². The maximum Gasteiger partial charge on any atom is 1.00 e. The number of fused-ring (bicyclic) bond motifs is 1. The van der Waals surface area contributed by atoms with Crippen LogP contribution in [0.25, 0.3) is 0 Å². The Balaban J connectivity index is 0.00000162. The van der Waals surface area contributed by atoms with Gasteiger partial charge in [0, 0.05) is 12.0 Å². The van der Waals surface area contributed by atoms with Crippen LogP contribution in [0, 0.1) is 0 Å². The van der Waals surface area contributed by atoms with Gasteiger partial charge in [-0.05, 0) is 0 Å². The molecular weight excluding hydrogens is 285 g/mol.